The summed E-state index contributed by atoms with van der Waals surface area (Å²) in [6, 6.07) is 12.4. The number of anilines is 1. The van der Waals surface area contributed by atoms with E-state index >= 15 is 0 Å². The van der Waals surface area contributed by atoms with Gasteiger partial charge < -0.3 is 10.3 Å². The first-order chi connectivity index (χ1) is 19.5. The van der Waals surface area contributed by atoms with Crippen LogP contribution < -0.4 is 5.32 Å². The quantitative estimate of drug-likeness (QED) is 0.243. The van der Waals surface area contributed by atoms with E-state index in [1.54, 1.807) is 18.6 Å². The summed E-state index contributed by atoms with van der Waals surface area (Å²) >= 11 is 0. The molecule has 0 unspecified atom stereocenters. The number of aryl methyl sites for hydroxylation is 1. The molecule has 5 aromatic heterocycles. The van der Waals surface area contributed by atoms with Gasteiger partial charge in [0.05, 0.1) is 28.6 Å². The average Bonchev–Trinajstić information content (AvgIpc) is 3.71. The van der Waals surface area contributed by atoms with Crippen molar-refractivity contribution >= 4 is 33.8 Å². The molecule has 5 heterocycles. The fraction of sp³-hybridized carbons (Fsp3) is 0.200. The van der Waals surface area contributed by atoms with Crippen molar-refractivity contribution in [3.05, 3.63) is 72.4 Å². The highest BCUT2D eigenvalue weighted by molar-refractivity contribution is 5.95. The Labute approximate surface area is 228 Å². The molecule has 0 spiro atoms. The van der Waals surface area contributed by atoms with Crippen molar-refractivity contribution in [1.29, 1.82) is 0 Å². The standard InChI is InChI=1S/C30H25FN8O/c1-16-10-18(12-20(31)11-16)22-8-9-33-28-25(22)36-29(37-28)27-26-24(38-39-27)7-6-23(35-26)19-13-21(15-32-14-19)34-30(40)17-4-2-3-5-17/h6-15,17H,2-5H2,1H3,(H,34,40)(H,38,39)(H,33,36,37). The van der Waals surface area contributed by atoms with Gasteiger partial charge in [0.15, 0.2) is 17.2 Å². The van der Waals surface area contributed by atoms with Gasteiger partial charge in [-0.3, -0.25) is 14.9 Å². The number of aromatic nitrogens is 7. The number of nitrogens with one attached hydrogen (secondary N) is 3. The number of carbonyl (C=O) groups is 1. The molecule has 1 amide bonds. The number of fused-ring (bicyclic) bond motifs is 2. The zero-order valence-corrected chi connectivity index (χ0v) is 21.7. The van der Waals surface area contributed by atoms with Gasteiger partial charge in [-0.2, -0.15) is 5.10 Å². The number of benzene rings is 1. The van der Waals surface area contributed by atoms with E-state index in [0.717, 1.165) is 53.5 Å². The summed E-state index contributed by atoms with van der Waals surface area (Å²) < 4.78 is 14.2. The molecular formula is C30H25FN8O. The molecule has 0 radical (unpaired) electrons. The predicted octanol–water partition coefficient (Wildman–Crippen LogP) is 6.20. The van der Waals surface area contributed by atoms with Gasteiger partial charge in [0.25, 0.3) is 0 Å². The number of pyridine rings is 3. The van der Waals surface area contributed by atoms with Gasteiger partial charge in [-0.1, -0.05) is 18.9 Å². The smallest absolute Gasteiger partial charge is 0.227 e. The second kappa shape index (κ2) is 9.64. The highest BCUT2D eigenvalue weighted by Gasteiger charge is 2.23. The molecular weight excluding hydrogens is 507 g/mol. The van der Waals surface area contributed by atoms with Crippen molar-refractivity contribution in [1.82, 2.24) is 35.1 Å². The number of rotatable bonds is 5. The van der Waals surface area contributed by atoms with Gasteiger partial charge in [0.2, 0.25) is 5.91 Å². The van der Waals surface area contributed by atoms with Crippen LogP contribution in [0.3, 0.4) is 0 Å². The van der Waals surface area contributed by atoms with Crippen LogP contribution in [-0.4, -0.2) is 41.0 Å². The lowest BCUT2D eigenvalue weighted by Crippen LogP contribution is -2.20. The summed E-state index contributed by atoms with van der Waals surface area (Å²) in [5.74, 6) is 0.305. The van der Waals surface area contributed by atoms with Gasteiger partial charge >= 0.3 is 0 Å². The number of aromatic amines is 2. The normalized spacial score (nSPS) is 13.8. The minimum atomic E-state index is -0.300. The maximum Gasteiger partial charge on any atom is 0.227 e. The second-order valence-electron chi connectivity index (χ2n) is 10.3. The van der Waals surface area contributed by atoms with Gasteiger partial charge in [-0.05, 0) is 67.3 Å². The van der Waals surface area contributed by atoms with Gasteiger partial charge in [0, 0.05) is 29.4 Å². The fourth-order valence-electron chi connectivity index (χ4n) is 5.46. The third-order valence-corrected chi connectivity index (χ3v) is 7.40. The van der Waals surface area contributed by atoms with Crippen molar-refractivity contribution in [2.75, 3.05) is 5.32 Å². The molecule has 0 aliphatic heterocycles. The van der Waals surface area contributed by atoms with Crippen molar-refractivity contribution in [3.63, 3.8) is 0 Å². The van der Waals surface area contributed by atoms with Gasteiger partial charge in [-0.15, -0.1) is 0 Å². The SMILES string of the molecule is Cc1cc(F)cc(-c2ccnc3nc(-c4n[nH]c5ccc(-c6cncc(NC(=O)C7CCCC7)c6)nc45)[nH]c23)c1. The summed E-state index contributed by atoms with van der Waals surface area (Å²) in [4.78, 5) is 34.3. The van der Waals surface area contributed by atoms with Crippen LogP contribution in [0.25, 0.3) is 56.1 Å². The molecule has 3 N–H and O–H groups in total. The number of imidazole rings is 1. The molecule has 0 saturated heterocycles. The monoisotopic (exact) mass is 532 g/mol. The number of halogens is 1. The van der Waals surface area contributed by atoms with E-state index in [9.17, 15) is 9.18 Å². The molecule has 1 fully saturated rings. The van der Waals surface area contributed by atoms with Crippen LogP contribution in [0.2, 0.25) is 0 Å². The van der Waals surface area contributed by atoms with E-state index in [4.69, 9.17) is 4.98 Å². The molecule has 0 atom stereocenters. The highest BCUT2D eigenvalue weighted by Crippen LogP contribution is 2.32. The summed E-state index contributed by atoms with van der Waals surface area (Å²) in [6.07, 6.45) is 9.09. The van der Waals surface area contributed by atoms with Crippen LogP contribution in [0.5, 0.6) is 0 Å². The molecule has 9 nitrogen and oxygen atoms in total. The number of carbonyl (C=O) groups excluding carboxylic acids is 1. The van der Waals surface area contributed by atoms with Crippen molar-refractivity contribution in [2.24, 2.45) is 5.92 Å². The molecule has 7 rings (SSSR count). The number of hydrogen-bond donors (Lipinski definition) is 3. The second-order valence-corrected chi connectivity index (χ2v) is 10.3. The van der Waals surface area contributed by atoms with Crippen LogP contribution in [0.1, 0.15) is 31.2 Å². The molecule has 1 saturated carbocycles. The maximum atomic E-state index is 14.2. The first-order valence-corrected chi connectivity index (χ1v) is 13.3. The lowest BCUT2D eigenvalue weighted by Gasteiger charge is -2.11. The van der Waals surface area contributed by atoms with Crippen LogP contribution in [0.15, 0.2) is 61.1 Å². The van der Waals surface area contributed by atoms with Crippen molar-refractivity contribution < 1.29 is 9.18 Å². The lowest BCUT2D eigenvalue weighted by molar-refractivity contribution is -0.119. The number of amides is 1. The first-order valence-electron chi connectivity index (χ1n) is 13.3. The van der Waals surface area contributed by atoms with E-state index in [-0.39, 0.29) is 17.6 Å². The Hall–Kier alpha value is -4.99. The van der Waals surface area contributed by atoms with E-state index in [1.165, 1.54) is 12.1 Å². The number of H-pyrrole nitrogens is 2. The van der Waals surface area contributed by atoms with Crippen LogP contribution in [0.4, 0.5) is 10.1 Å². The molecule has 0 bridgehead atoms. The Bertz CT molecular complexity index is 1880. The minimum absolute atomic E-state index is 0.0447. The Balaban J connectivity index is 1.25. The number of hydrogen-bond acceptors (Lipinski definition) is 6. The first kappa shape index (κ1) is 24.1. The van der Waals surface area contributed by atoms with E-state index in [0.29, 0.717) is 39.6 Å². The Morgan fingerprint density at radius 3 is 2.75 bits per heavy atom. The molecule has 10 heteroatoms. The van der Waals surface area contributed by atoms with E-state index in [2.05, 4.69) is 35.5 Å². The largest absolute Gasteiger partial charge is 0.335 e. The van der Waals surface area contributed by atoms with Crippen molar-refractivity contribution in [3.8, 4) is 33.9 Å². The Morgan fingerprint density at radius 2 is 1.90 bits per heavy atom. The molecule has 40 heavy (non-hydrogen) atoms. The van der Waals surface area contributed by atoms with Crippen molar-refractivity contribution in [2.45, 2.75) is 32.6 Å². The van der Waals surface area contributed by atoms with E-state index in [1.807, 2.05) is 37.3 Å². The maximum absolute atomic E-state index is 14.2. The predicted molar refractivity (Wildman–Crippen MR) is 151 cm³/mol. The molecule has 6 aromatic rings. The zero-order chi connectivity index (χ0) is 27.2. The zero-order valence-electron chi connectivity index (χ0n) is 21.7. The molecule has 1 aliphatic carbocycles. The minimum Gasteiger partial charge on any atom is -0.335 e. The number of nitrogens with zero attached hydrogens (tertiary/aromatic N) is 5. The summed E-state index contributed by atoms with van der Waals surface area (Å²) in [5, 5.41) is 10.5. The third kappa shape index (κ3) is 4.37. The summed E-state index contributed by atoms with van der Waals surface area (Å²) in [5.41, 5.74) is 7.54. The van der Waals surface area contributed by atoms with Crippen LogP contribution >= 0.6 is 0 Å². The Kier molecular flexibility index (Phi) is 5.80. The van der Waals surface area contributed by atoms with Gasteiger partial charge in [-0.25, -0.2) is 19.3 Å². The summed E-state index contributed by atoms with van der Waals surface area (Å²) in [6.45, 7) is 1.86. The summed E-state index contributed by atoms with van der Waals surface area (Å²) in [7, 11) is 0. The van der Waals surface area contributed by atoms with Gasteiger partial charge in [0.1, 0.15) is 11.3 Å². The van der Waals surface area contributed by atoms with Crippen LogP contribution in [0, 0.1) is 18.7 Å². The highest BCUT2D eigenvalue weighted by atomic mass is 19.1. The molecule has 198 valence electrons. The fourth-order valence-corrected chi connectivity index (χ4v) is 5.46. The Morgan fingerprint density at radius 1 is 1.02 bits per heavy atom. The lowest BCUT2D eigenvalue weighted by atomic mass is 10.0. The van der Waals surface area contributed by atoms with Crippen LogP contribution in [-0.2, 0) is 4.79 Å². The average molecular weight is 533 g/mol. The topological polar surface area (TPSA) is 125 Å². The van der Waals surface area contributed by atoms with E-state index < -0.39 is 0 Å². The molecule has 1 aromatic carbocycles. The third-order valence-electron chi connectivity index (χ3n) is 7.40. The molecule has 1 aliphatic rings.